The molecule has 1 rings (SSSR count). The monoisotopic (exact) mass is 317 g/mol. The summed E-state index contributed by atoms with van der Waals surface area (Å²) in [4.78, 5) is 23.4. The molecule has 1 unspecified atom stereocenters. The topological polar surface area (TPSA) is 66.4 Å². The van der Waals surface area contributed by atoms with Gasteiger partial charge in [-0.3, -0.25) is 9.59 Å². The fourth-order valence-corrected chi connectivity index (χ4v) is 2.15. The Labute approximate surface area is 128 Å². The van der Waals surface area contributed by atoms with Gasteiger partial charge in [0, 0.05) is 6.42 Å². The van der Waals surface area contributed by atoms with E-state index < -0.39 is 17.3 Å². The SMILES string of the molecule is CC(C)C(C)(CC(=O)Nc1c(Cl)cccc1Cl)C(=O)O. The molecule has 1 amide bonds. The molecule has 0 aliphatic rings. The summed E-state index contributed by atoms with van der Waals surface area (Å²) in [7, 11) is 0. The molecule has 20 heavy (non-hydrogen) atoms. The predicted molar refractivity (Wildman–Crippen MR) is 80.3 cm³/mol. The van der Waals surface area contributed by atoms with Gasteiger partial charge in [-0.05, 0) is 25.0 Å². The van der Waals surface area contributed by atoms with Crippen molar-refractivity contribution in [3.05, 3.63) is 28.2 Å². The van der Waals surface area contributed by atoms with Crippen LogP contribution in [0.15, 0.2) is 18.2 Å². The van der Waals surface area contributed by atoms with Crippen molar-refractivity contribution >= 4 is 40.8 Å². The van der Waals surface area contributed by atoms with Crippen LogP contribution >= 0.6 is 23.2 Å². The number of hydrogen-bond donors (Lipinski definition) is 2. The number of nitrogens with one attached hydrogen (secondary N) is 1. The zero-order valence-electron chi connectivity index (χ0n) is 11.5. The number of benzene rings is 1. The Balaban J connectivity index is 2.90. The quantitative estimate of drug-likeness (QED) is 0.860. The van der Waals surface area contributed by atoms with Gasteiger partial charge in [0.25, 0.3) is 0 Å². The summed E-state index contributed by atoms with van der Waals surface area (Å²) in [5, 5.41) is 12.5. The predicted octanol–water partition coefficient (Wildman–Crippen LogP) is 4.07. The maximum atomic E-state index is 12.0. The lowest BCUT2D eigenvalue weighted by Crippen LogP contribution is -2.37. The van der Waals surface area contributed by atoms with Crippen LogP contribution in [0.1, 0.15) is 27.2 Å². The number of carboxylic acids is 1. The molecule has 0 fully saturated rings. The first kappa shape index (κ1) is 16.8. The molecule has 0 radical (unpaired) electrons. The fourth-order valence-electron chi connectivity index (χ4n) is 1.66. The van der Waals surface area contributed by atoms with E-state index in [1.807, 2.05) is 0 Å². The summed E-state index contributed by atoms with van der Waals surface area (Å²) in [6.07, 6.45) is -0.151. The molecular formula is C14H17Cl2NO3. The van der Waals surface area contributed by atoms with Crippen LogP contribution in [0, 0.1) is 11.3 Å². The van der Waals surface area contributed by atoms with E-state index in [4.69, 9.17) is 23.2 Å². The first-order chi connectivity index (χ1) is 9.18. The average molecular weight is 318 g/mol. The lowest BCUT2D eigenvalue weighted by atomic mass is 9.76. The summed E-state index contributed by atoms with van der Waals surface area (Å²) in [5.41, 5.74) is -0.838. The third-order valence-electron chi connectivity index (χ3n) is 3.52. The molecule has 0 aliphatic carbocycles. The highest BCUT2D eigenvalue weighted by Crippen LogP contribution is 2.34. The molecule has 0 aliphatic heterocycles. The smallest absolute Gasteiger partial charge is 0.310 e. The largest absolute Gasteiger partial charge is 0.481 e. The van der Waals surface area contributed by atoms with Crippen LogP contribution in [0.4, 0.5) is 5.69 Å². The highest BCUT2D eigenvalue weighted by molar-refractivity contribution is 6.39. The molecule has 0 bridgehead atoms. The maximum Gasteiger partial charge on any atom is 0.310 e. The molecular weight excluding hydrogens is 301 g/mol. The van der Waals surface area contributed by atoms with Gasteiger partial charge in [-0.2, -0.15) is 0 Å². The van der Waals surface area contributed by atoms with E-state index in [0.717, 1.165) is 0 Å². The minimum atomic E-state index is -1.14. The number of hydrogen-bond acceptors (Lipinski definition) is 2. The second kappa shape index (κ2) is 6.46. The van der Waals surface area contributed by atoms with Crippen molar-refractivity contribution in [2.45, 2.75) is 27.2 Å². The Morgan fingerprint density at radius 2 is 1.80 bits per heavy atom. The van der Waals surface area contributed by atoms with Crippen molar-refractivity contribution in [3.8, 4) is 0 Å². The van der Waals surface area contributed by atoms with Gasteiger partial charge >= 0.3 is 5.97 Å². The molecule has 1 aromatic carbocycles. The first-order valence-electron chi connectivity index (χ1n) is 6.15. The standard InChI is InChI=1S/C14H17Cl2NO3/c1-8(2)14(3,13(19)20)7-11(18)17-12-9(15)5-4-6-10(12)16/h4-6,8H,7H2,1-3H3,(H,17,18)(H,19,20). The molecule has 110 valence electrons. The van der Waals surface area contributed by atoms with E-state index in [1.165, 1.54) is 0 Å². The zero-order chi connectivity index (χ0) is 15.5. The molecule has 0 heterocycles. The Morgan fingerprint density at radius 3 is 2.20 bits per heavy atom. The Bertz CT molecular complexity index is 511. The molecule has 0 saturated heterocycles. The molecule has 0 spiro atoms. The fraction of sp³-hybridized carbons (Fsp3) is 0.429. The van der Waals surface area contributed by atoms with Crippen molar-refractivity contribution in [1.29, 1.82) is 0 Å². The Kier molecular flexibility index (Phi) is 5.42. The Hall–Kier alpha value is -1.26. The number of halogens is 2. The summed E-state index contributed by atoms with van der Waals surface area (Å²) >= 11 is 11.9. The van der Waals surface area contributed by atoms with Gasteiger partial charge in [-0.15, -0.1) is 0 Å². The molecule has 0 aromatic heterocycles. The number of rotatable bonds is 5. The lowest BCUT2D eigenvalue weighted by molar-refractivity contribution is -0.153. The van der Waals surface area contributed by atoms with Gasteiger partial charge in [-0.25, -0.2) is 0 Å². The van der Waals surface area contributed by atoms with Crippen LogP contribution in [0.25, 0.3) is 0 Å². The molecule has 2 N–H and O–H groups in total. The minimum absolute atomic E-state index is 0.151. The zero-order valence-corrected chi connectivity index (χ0v) is 13.0. The second-order valence-corrected chi connectivity index (χ2v) is 6.01. The highest BCUT2D eigenvalue weighted by atomic mass is 35.5. The van der Waals surface area contributed by atoms with Crippen LogP contribution in [0.2, 0.25) is 10.0 Å². The number of aliphatic carboxylic acids is 1. The van der Waals surface area contributed by atoms with Crippen molar-refractivity contribution in [1.82, 2.24) is 0 Å². The number of para-hydroxylation sites is 1. The summed E-state index contributed by atoms with van der Waals surface area (Å²) in [6.45, 7) is 5.08. The number of carbonyl (C=O) groups excluding carboxylic acids is 1. The van der Waals surface area contributed by atoms with E-state index in [9.17, 15) is 14.7 Å². The van der Waals surface area contributed by atoms with Crippen LogP contribution < -0.4 is 5.32 Å². The van der Waals surface area contributed by atoms with Gasteiger partial charge in [0.05, 0.1) is 21.1 Å². The second-order valence-electron chi connectivity index (χ2n) is 5.20. The molecule has 6 heteroatoms. The van der Waals surface area contributed by atoms with Crippen LogP contribution in [0.5, 0.6) is 0 Å². The first-order valence-corrected chi connectivity index (χ1v) is 6.91. The highest BCUT2D eigenvalue weighted by Gasteiger charge is 2.38. The average Bonchev–Trinajstić information content (AvgIpc) is 2.33. The van der Waals surface area contributed by atoms with Crippen LogP contribution in [-0.2, 0) is 9.59 Å². The minimum Gasteiger partial charge on any atom is -0.481 e. The number of carboxylic acid groups (broad SMARTS) is 1. The molecule has 1 atom stereocenters. The molecule has 1 aromatic rings. The normalized spacial score (nSPS) is 13.9. The third kappa shape index (κ3) is 3.64. The van der Waals surface area contributed by atoms with Gasteiger partial charge < -0.3 is 10.4 Å². The van der Waals surface area contributed by atoms with Crippen molar-refractivity contribution < 1.29 is 14.7 Å². The van der Waals surface area contributed by atoms with Crippen LogP contribution in [0.3, 0.4) is 0 Å². The summed E-state index contributed by atoms with van der Waals surface area (Å²) in [5.74, 6) is -1.63. The summed E-state index contributed by atoms with van der Waals surface area (Å²) < 4.78 is 0. The molecule has 0 saturated carbocycles. The number of anilines is 1. The van der Waals surface area contributed by atoms with E-state index in [0.29, 0.717) is 15.7 Å². The van der Waals surface area contributed by atoms with Crippen molar-refractivity contribution in [3.63, 3.8) is 0 Å². The van der Waals surface area contributed by atoms with E-state index in [2.05, 4.69) is 5.32 Å². The van der Waals surface area contributed by atoms with E-state index in [1.54, 1.807) is 39.0 Å². The van der Waals surface area contributed by atoms with Gasteiger partial charge in [-0.1, -0.05) is 43.1 Å². The van der Waals surface area contributed by atoms with Crippen LogP contribution in [-0.4, -0.2) is 17.0 Å². The lowest BCUT2D eigenvalue weighted by Gasteiger charge is -2.28. The van der Waals surface area contributed by atoms with Gasteiger partial charge in [0.2, 0.25) is 5.91 Å². The number of carbonyl (C=O) groups is 2. The van der Waals surface area contributed by atoms with Crippen molar-refractivity contribution in [2.75, 3.05) is 5.32 Å². The maximum absolute atomic E-state index is 12.0. The van der Waals surface area contributed by atoms with Gasteiger partial charge in [0.15, 0.2) is 0 Å². The molecule has 4 nitrogen and oxygen atoms in total. The van der Waals surface area contributed by atoms with Gasteiger partial charge in [0.1, 0.15) is 0 Å². The van der Waals surface area contributed by atoms with Crippen molar-refractivity contribution in [2.24, 2.45) is 11.3 Å². The number of amides is 1. The Morgan fingerprint density at radius 1 is 1.30 bits per heavy atom. The van der Waals surface area contributed by atoms with E-state index in [-0.39, 0.29) is 12.3 Å². The summed E-state index contributed by atoms with van der Waals surface area (Å²) in [6, 6.07) is 4.86. The van der Waals surface area contributed by atoms with E-state index >= 15 is 0 Å². The third-order valence-corrected chi connectivity index (χ3v) is 4.15.